The largest absolute Gasteiger partial charge is 0.0924 e. The Kier molecular flexibility index (Phi) is 2.89. The van der Waals surface area contributed by atoms with Crippen molar-refractivity contribution in [1.82, 2.24) is 0 Å². The molecule has 0 aliphatic carbocycles. The van der Waals surface area contributed by atoms with Crippen LogP contribution in [0.15, 0.2) is 0 Å². The first-order valence-electron chi connectivity index (χ1n) is 2.98. The standard InChI is InChI=1S/C7H15/c1-6(2)5-7(3)4/h5-7H,1-4H3/q+1. The Morgan fingerprint density at radius 3 is 1.14 bits per heavy atom. The van der Waals surface area contributed by atoms with E-state index in [1.165, 1.54) is 0 Å². The van der Waals surface area contributed by atoms with E-state index in [9.17, 15) is 0 Å². The van der Waals surface area contributed by atoms with Gasteiger partial charge in [-0.05, 0) is 27.7 Å². The molecule has 0 spiro atoms. The fourth-order valence-electron chi connectivity index (χ4n) is 0.770. The Labute approximate surface area is 46.9 Å². The highest BCUT2D eigenvalue weighted by molar-refractivity contribution is 4.71. The zero-order valence-corrected chi connectivity index (χ0v) is 5.73. The molecule has 0 heterocycles. The molecule has 7 heavy (non-hydrogen) atoms. The highest BCUT2D eigenvalue weighted by atomic mass is 14.0. The van der Waals surface area contributed by atoms with Crippen LogP contribution in [0.4, 0.5) is 0 Å². The maximum absolute atomic E-state index is 2.33. The van der Waals surface area contributed by atoms with E-state index in [1.807, 2.05) is 0 Å². The summed E-state index contributed by atoms with van der Waals surface area (Å²) in [6.07, 6.45) is 2.33. The minimum atomic E-state index is 0.750. The lowest BCUT2D eigenvalue weighted by molar-refractivity contribution is 0.615. The summed E-state index contributed by atoms with van der Waals surface area (Å²) in [5.74, 6) is 1.50. The van der Waals surface area contributed by atoms with Crippen LogP contribution in [-0.2, 0) is 0 Å². The molecule has 0 atom stereocenters. The molecule has 0 aromatic heterocycles. The molecule has 0 rings (SSSR count). The highest BCUT2D eigenvalue weighted by Crippen LogP contribution is 2.06. The predicted octanol–water partition coefficient (Wildman–Crippen LogP) is 2.50. The zero-order chi connectivity index (χ0) is 5.86. The van der Waals surface area contributed by atoms with Crippen molar-refractivity contribution in [2.24, 2.45) is 11.8 Å². The molecular formula is C7H15+. The summed E-state index contributed by atoms with van der Waals surface area (Å²) in [7, 11) is 0. The molecule has 0 saturated heterocycles. The van der Waals surface area contributed by atoms with Gasteiger partial charge in [0.2, 0.25) is 0 Å². The summed E-state index contributed by atoms with van der Waals surface area (Å²) >= 11 is 0. The van der Waals surface area contributed by atoms with Gasteiger partial charge in [0.1, 0.15) is 0 Å². The monoisotopic (exact) mass is 99.1 g/mol. The molecule has 0 aliphatic rings. The minimum Gasteiger partial charge on any atom is -0.0217 e. The van der Waals surface area contributed by atoms with E-state index in [4.69, 9.17) is 0 Å². The maximum atomic E-state index is 2.33. The van der Waals surface area contributed by atoms with Gasteiger partial charge in [-0.2, -0.15) is 0 Å². The van der Waals surface area contributed by atoms with Crippen LogP contribution < -0.4 is 0 Å². The van der Waals surface area contributed by atoms with E-state index >= 15 is 0 Å². The van der Waals surface area contributed by atoms with Crippen molar-refractivity contribution in [3.8, 4) is 0 Å². The smallest absolute Gasteiger partial charge is 0.0217 e. The molecule has 0 heteroatoms. The van der Waals surface area contributed by atoms with Gasteiger partial charge in [-0.15, -0.1) is 0 Å². The summed E-state index contributed by atoms with van der Waals surface area (Å²) < 4.78 is 0. The second-order valence-electron chi connectivity index (χ2n) is 2.68. The molecule has 0 aliphatic heterocycles. The van der Waals surface area contributed by atoms with Gasteiger partial charge in [0.05, 0.1) is 18.3 Å². The minimum absolute atomic E-state index is 0.750. The van der Waals surface area contributed by atoms with Crippen LogP contribution in [0.5, 0.6) is 0 Å². The van der Waals surface area contributed by atoms with Crippen LogP contribution in [0.2, 0.25) is 0 Å². The molecule has 0 amide bonds. The molecular weight excluding hydrogens is 84.1 g/mol. The summed E-state index contributed by atoms with van der Waals surface area (Å²) in [4.78, 5) is 0. The zero-order valence-electron chi connectivity index (χ0n) is 5.73. The average molecular weight is 99.2 g/mol. The first kappa shape index (κ1) is 6.87. The van der Waals surface area contributed by atoms with E-state index in [2.05, 4.69) is 34.1 Å². The van der Waals surface area contributed by atoms with E-state index in [1.54, 1.807) is 0 Å². The van der Waals surface area contributed by atoms with Crippen LogP contribution in [0.25, 0.3) is 0 Å². The third-order valence-corrected chi connectivity index (χ3v) is 0.770. The summed E-state index contributed by atoms with van der Waals surface area (Å²) in [6, 6.07) is 0. The Hall–Kier alpha value is -0.130. The predicted molar refractivity (Wildman–Crippen MR) is 34.0 cm³/mol. The molecule has 0 saturated carbocycles. The van der Waals surface area contributed by atoms with Crippen molar-refractivity contribution in [2.75, 3.05) is 0 Å². The lowest BCUT2D eigenvalue weighted by atomic mass is 10.0. The van der Waals surface area contributed by atoms with E-state index in [-0.39, 0.29) is 0 Å². The van der Waals surface area contributed by atoms with Crippen molar-refractivity contribution in [3.05, 3.63) is 6.42 Å². The van der Waals surface area contributed by atoms with Gasteiger partial charge >= 0.3 is 0 Å². The lowest BCUT2D eigenvalue weighted by Crippen LogP contribution is -1.94. The molecule has 0 fully saturated rings. The molecule has 0 N–H and O–H groups in total. The number of rotatable bonds is 2. The van der Waals surface area contributed by atoms with Gasteiger partial charge in [-0.25, -0.2) is 0 Å². The van der Waals surface area contributed by atoms with Crippen LogP contribution in [-0.4, -0.2) is 0 Å². The maximum Gasteiger partial charge on any atom is 0.0924 e. The van der Waals surface area contributed by atoms with Crippen molar-refractivity contribution >= 4 is 0 Å². The Morgan fingerprint density at radius 1 is 0.857 bits per heavy atom. The SMILES string of the molecule is CC(C)[CH+]C(C)C. The molecule has 0 aromatic rings. The van der Waals surface area contributed by atoms with Crippen molar-refractivity contribution in [3.63, 3.8) is 0 Å². The first-order valence-corrected chi connectivity index (χ1v) is 2.98. The molecule has 0 bridgehead atoms. The topological polar surface area (TPSA) is 0 Å². The van der Waals surface area contributed by atoms with Crippen molar-refractivity contribution < 1.29 is 0 Å². The third kappa shape index (κ3) is 5.87. The molecule has 0 radical (unpaired) electrons. The van der Waals surface area contributed by atoms with Crippen LogP contribution in [0, 0.1) is 18.3 Å². The van der Waals surface area contributed by atoms with Crippen molar-refractivity contribution in [2.45, 2.75) is 27.7 Å². The van der Waals surface area contributed by atoms with Gasteiger partial charge in [0.15, 0.2) is 0 Å². The second-order valence-corrected chi connectivity index (χ2v) is 2.68. The van der Waals surface area contributed by atoms with Gasteiger partial charge < -0.3 is 0 Å². The van der Waals surface area contributed by atoms with Crippen LogP contribution in [0.3, 0.4) is 0 Å². The van der Waals surface area contributed by atoms with Crippen LogP contribution in [0.1, 0.15) is 27.7 Å². The summed E-state index contributed by atoms with van der Waals surface area (Å²) in [5.41, 5.74) is 0. The Morgan fingerprint density at radius 2 is 1.14 bits per heavy atom. The average Bonchev–Trinajstić information content (AvgIpc) is 1.27. The van der Waals surface area contributed by atoms with E-state index in [0.717, 1.165) is 11.8 Å². The normalized spacial score (nSPS) is 10.6. The lowest BCUT2D eigenvalue weighted by Gasteiger charge is -1.94. The van der Waals surface area contributed by atoms with Gasteiger partial charge in [0.25, 0.3) is 0 Å². The van der Waals surface area contributed by atoms with Crippen molar-refractivity contribution in [1.29, 1.82) is 0 Å². The molecule has 0 aromatic carbocycles. The molecule has 42 valence electrons. The van der Waals surface area contributed by atoms with Crippen LogP contribution >= 0.6 is 0 Å². The highest BCUT2D eigenvalue weighted by Gasteiger charge is 2.07. The summed E-state index contributed by atoms with van der Waals surface area (Å²) in [6.45, 7) is 8.83. The van der Waals surface area contributed by atoms with Gasteiger partial charge in [-0.1, -0.05) is 0 Å². The number of hydrogen-bond acceptors (Lipinski definition) is 0. The first-order chi connectivity index (χ1) is 3.13. The fraction of sp³-hybridized carbons (Fsp3) is 0.857. The van der Waals surface area contributed by atoms with E-state index in [0.29, 0.717) is 0 Å². The summed E-state index contributed by atoms with van der Waals surface area (Å²) in [5, 5.41) is 0. The second kappa shape index (κ2) is 2.95. The molecule has 0 nitrogen and oxygen atoms in total. The van der Waals surface area contributed by atoms with Gasteiger partial charge in [-0.3, -0.25) is 0 Å². The fourth-order valence-corrected chi connectivity index (χ4v) is 0.770. The number of hydrogen-bond donors (Lipinski definition) is 0. The van der Waals surface area contributed by atoms with Gasteiger partial charge in [0, 0.05) is 0 Å². The Balaban J connectivity index is 2.95. The van der Waals surface area contributed by atoms with E-state index < -0.39 is 0 Å². The quantitative estimate of drug-likeness (QED) is 0.466. The Bertz CT molecular complexity index is 29.3. The third-order valence-electron chi connectivity index (χ3n) is 0.770. The molecule has 0 unspecified atom stereocenters.